The lowest BCUT2D eigenvalue weighted by Gasteiger charge is -1.96. The van der Waals surface area contributed by atoms with Crippen molar-refractivity contribution in [1.82, 2.24) is 9.55 Å². The third kappa shape index (κ3) is 11.8. The molecule has 0 atom stereocenters. The molecule has 0 N–H and O–H groups in total. The summed E-state index contributed by atoms with van der Waals surface area (Å²) in [6.45, 7) is 7.76. The van der Waals surface area contributed by atoms with E-state index in [4.69, 9.17) is 0 Å². The van der Waals surface area contributed by atoms with Gasteiger partial charge in [0.15, 0.2) is 0 Å². The molecule has 0 aliphatic heterocycles. The summed E-state index contributed by atoms with van der Waals surface area (Å²) in [6, 6.07) is 0. The highest BCUT2D eigenvalue weighted by Gasteiger charge is 1.85. The van der Waals surface area contributed by atoms with Gasteiger partial charge in [0.05, 0.1) is 6.33 Å². The second-order valence-electron chi connectivity index (χ2n) is 3.86. The van der Waals surface area contributed by atoms with Crippen LogP contribution in [0, 0.1) is 0 Å². The first-order chi connectivity index (χ1) is 7.35. The number of hydrogen-bond donors (Lipinski definition) is 0. The zero-order chi connectivity index (χ0) is 11.4. The number of hydrogen-bond acceptors (Lipinski definition) is 1. The molecular formula is C13H27BrN2. The Labute approximate surface area is 111 Å². The van der Waals surface area contributed by atoms with Gasteiger partial charge in [-0.2, -0.15) is 0 Å². The van der Waals surface area contributed by atoms with Crippen LogP contribution < -0.4 is 0 Å². The van der Waals surface area contributed by atoms with Crippen LogP contribution in [-0.4, -0.2) is 9.55 Å². The van der Waals surface area contributed by atoms with E-state index in [0.717, 1.165) is 6.54 Å². The number of aromatic nitrogens is 2. The molecule has 0 aliphatic rings. The predicted molar refractivity (Wildman–Crippen MR) is 77.3 cm³/mol. The van der Waals surface area contributed by atoms with E-state index in [1.807, 2.05) is 18.7 Å². The minimum absolute atomic E-state index is 0. The average molecular weight is 291 g/mol. The van der Waals surface area contributed by atoms with Crippen LogP contribution >= 0.6 is 17.0 Å². The Balaban J connectivity index is 0. The molecule has 1 rings (SSSR count). The Hall–Kier alpha value is -0.310. The van der Waals surface area contributed by atoms with Crippen molar-refractivity contribution >= 4 is 17.0 Å². The Kier molecular flexibility index (Phi) is 16.6. The predicted octanol–water partition coefficient (Wildman–Crippen LogP) is 4.85. The minimum Gasteiger partial charge on any atom is -0.337 e. The highest BCUT2D eigenvalue weighted by atomic mass is 79.9. The number of nitrogens with zero attached hydrogens (tertiary/aromatic N) is 2. The van der Waals surface area contributed by atoms with Crippen molar-refractivity contribution in [3.05, 3.63) is 18.7 Å². The van der Waals surface area contributed by atoms with Gasteiger partial charge in [0.25, 0.3) is 0 Å². The summed E-state index contributed by atoms with van der Waals surface area (Å²) in [4.78, 5) is 3.94. The molecule has 0 saturated heterocycles. The zero-order valence-electron chi connectivity index (χ0n) is 11.0. The molecule has 0 fully saturated rings. The van der Waals surface area contributed by atoms with Gasteiger partial charge in [-0.05, 0) is 6.42 Å². The van der Waals surface area contributed by atoms with Crippen LogP contribution in [0.25, 0.3) is 0 Å². The molecule has 1 aromatic rings. The number of imidazole rings is 1. The lowest BCUT2D eigenvalue weighted by molar-refractivity contribution is 0.631. The summed E-state index contributed by atoms with van der Waals surface area (Å²) in [5.41, 5.74) is 0. The van der Waals surface area contributed by atoms with E-state index in [2.05, 4.69) is 30.3 Å². The highest BCUT2D eigenvalue weighted by Crippen LogP contribution is 1.95. The van der Waals surface area contributed by atoms with E-state index >= 15 is 0 Å². The van der Waals surface area contributed by atoms with Crippen LogP contribution in [0.5, 0.6) is 0 Å². The van der Waals surface area contributed by atoms with Crippen molar-refractivity contribution in [3.8, 4) is 0 Å². The maximum Gasteiger partial charge on any atom is 0.0945 e. The minimum atomic E-state index is 0. The fraction of sp³-hybridized carbons (Fsp3) is 0.769. The Bertz CT molecular complexity index is 194. The first kappa shape index (κ1) is 18.1. The SMILES string of the molecule is Br.CCCCCC.CCCCn1ccnc1. The van der Waals surface area contributed by atoms with Gasteiger partial charge < -0.3 is 4.57 Å². The van der Waals surface area contributed by atoms with E-state index in [-0.39, 0.29) is 17.0 Å². The van der Waals surface area contributed by atoms with Crippen molar-refractivity contribution < 1.29 is 0 Å². The molecule has 1 heterocycles. The molecule has 2 nitrogen and oxygen atoms in total. The van der Waals surface area contributed by atoms with Crippen LogP contribution in [-0.2, 0) is 6.54 Å². The fourth-order valence-electron chi connectivity index (χ4n) is 1.26. The maximum atomic E-state index is 3.94. The van der Waals surface area contributed by atoms with Crippen molar-refractivity contribution in [2.45, 2.75) is 65.8 Å². The number of aryl methyl sites for hydroxylation is 1. The van der Waals surface area contributed by atoms with E-state index in [1.54, 1.807) is 0 Å². The summed E-state index contributed by atoms with van der Waals surface area (Å²) in [5.74, 6) is 0. The van der Waals surface area contributed by atoms with Crippen molar-refractivity contribution in [3.63, 3.8) is 0 Å². The van der Waals surface area contributed by atoms with Gasteiger partial charge >= 0.3 is 0 Å². The van der Waals surface area contributed by atoms with Crippen LogP contribution in [0.2, 0.25) is 0 Å². The smallest absolute Gasteiger partial charge is 0.0945 e. The van der Waals surface area contributed by atoms with Gasteiger partial charge in [0.2, 0.25) is 0 Å². The fourth-order valence-corrected chi connectivity index (χ4v) is 1.26. The van der Waals surface area contributed by atoms with E-state index in [9.17, 15) is 0 Å². The summed E-state index contributed by atoms with van der Waals surface area (Å²) in [5, 5.41) is 0. The maximum absolute atomic E-state index is 3.94. The van der Waals surface area contributed by atoms with Gasteiger partial charge in [-0.1, -0.05) is 52.9 Å². The normalized spacial score (nSPS) is 8.94. The molecule has 96 valence electrons. The van der Waals surface area contributed by atoms with Gasteiger partial charge in [-0.25, -0.2) is 4.98 Å². The molecule has 0 aromatic carbocycles. The Morgan fingerprint density at radius 3 is 1.88 bits per heavy atom. The number of unbranched alkanes of at least 4 members (excludes halogenated alkanes) is 4. The molecule has 0 unspecified atom stereocenters. The first-order valence-corrected chi connectivity index (χ1v) is 6.30. The molecule has 0 amide bonds. The molecule has 0 aliphatic carbocycles. The van der Waals surface area contributed by atoms with Crippen LogP contribution in [0.15, 0.2) is 18.7 Å². The molecular weight excluding hydrogens is 264 g/mol. The standard InChI is InChI=1S/C7H12N2.C6H14.BrH/c1-2-3-5-9-6-4-8-7-9;1-3-5-6-4-2;/h4,6-7H,2-3,5H2,1H3;3-6H2,1-2H3;1H. The van der Waals surface area contributed by atoms with Crippen molar-refractivity contribution in [2.75, 3.05) is 0 Å². The molecule has 0 radical (unpaired) electrons. The van der Waals surface area contributed by atoms with E-state index < -0.39 is 0 Å². The topological polar surface area (TPSA) is 17.8 Å². The second kappa shape index (κ2) is 14.7. The van der Waals surface area contributed by atoms with Crippen LogP contribution in [0.3, 0.4) is 0 Å². The molecule has 16 heavy (non-hydrogen) atoms. The lowest BCUT2D eigenvalue weighted by atomic mass is 10.2. The average Bonchev–Trinajstić information content (AvgIpc) is 2.77. The van der Waals surface area contributed by atoms with E-state index in [1.165, 1.54) is 38.5 Å². The summed E-state index contributed by atoms with van der Waals surface area (Å²) in [6.07, 6.45) is 13.7. The zero-order valence-corrected chi connectivity index (χ0v) is 12.7. The highest BCUT2D eigenvalue weighted by molar-refractivity contribution is 8.93. The lowest BCUT2D eigenvalue weighted by Crippen LogP contribution is -1.92. The Morgan fingerprint density at radius 2 is 1.50 bits per heavy atom. The largest absolute Gasteiger partial charge is 0.337 e. The summed E-state index contributed by atoms with van der Waals surface area (Å²) < 4.78 is 2.10. The summed E-state index contributed by atoms with van der Waals surface area (Å²) >= 11 is 0. The molecule has 3 heteroatoms. The quantitative estimate of drug-likeness (QED) is 0.685. The monoisotopic (exact) mass is 290 g/mol. The van der Waals surface area contributed by atoms with Gasteiger partial charge in [0.1, 0.15) is 0 Å². The van der Waals surface area contributed by atoms with Gasteiger partial charge in [-0.3, -0.25) is 0 Å². The van der Waals surface area contributed by atoms with Crippen LogP contribution in [0.4, 0.5) is 0 Å². The molecule has 0 spiro atoms. The Morgan fingerprint density at radius 1 is 0.938 bits per heavy atom. The first-order valence-electron chi connectivity index (χ1n) is 6.30. The molecule has 0 bridgehead atoms. The second-order valence-corrected chi connectivity index (χ2v) is 3.86. The van der Waals surface area contributed by atoms with E-state index in [0.29, 0.717) is 0 Å². The third-order valence-corrected chi connectivity index (χ3v) is 2.29. The van der Waals surface area contributed by atoms with Crippen molar-refractivity contribution in [2.24, 2.45) is 0 Å². The third-order valence-electron chi connectivity index (χ3n) is 2.29. The molecule has 1 aromatic heterocycles. The van der Waals surface area contributed by atoms with Crippen LogP contribution in [0.1, 0.15) is 59.3 Å². The van der Waals surface area contributed by atoms with Gasteiger partial charge in [0, 0.05) is 18.9 Å². The summed E-state index contributed by atoms with van der Waals surface area (Å²) in [7, 11) is 0. The number of rotatable bonds is 6. The van der Waals surface area contributed by atoms with Crippen molar-refractivity contribution in [1.29, 1.82) is 0 Å². The number of halogens is 1. The molecule has 0 saturated carbocycles. The van der Waals surface area contributed by atoms with Gasteiger partial charge in [-0.15, -0.1) is 17.0 Å².